The molecule has 10 aromatic carbocycles. The van der Waals surface area contributed by atoms with Gasteiger partial charge in [-0.1, -0.05) is 210 Å². The second-order valence-electron chi connectivity index (χ2n) is 25.4. The molecule has 0 saturated carbocycles. The fourth-order valence-electron chi connectivity index (χ4n) is 12.9. The predicted octanol–water partition coefficient (Wildman–Crippen LogP) is 19.1. The lowest BCUT2D eigenvalue weighted by Gasteiger charge is -2.32. The van der Waals surface area contributed by atoms with Crippen LogP contribution in [0.3, 0.4) is 0 Å². The van der Waals surface area contributed by atoms with Crippen LogP contribution >= 0.6 is 11.6 Å². The first kappa shape index (κ1) is 56.6. The minimum absolute atomic E-state index is 0.0348. The molecule has 1 fully saturated rings. The minimum Gasteiger partial charge on any atom is -0.456 e. The molecule has 12 heteroatoms. The average Bonchev–Trinajstić information content (AvgIpc) is 1.58. The first-order chi connectivity index (χ1) is 43.5. The highest BCUT2D eigenvalue weighted by molar-refractivity contribution is 6.62. The number of furan rings is 2. The van der Waals surface area contributed by atoms with Crippen molar-refractivity contribution in [1.82, 2.24) is 29.9 Å². The number of benzene rings is 10. The molecule has 17 rings (SSSR count). The maximum Gasteiger partial charge on any atom is 0.494 e. The molecule has 0 radical (unpaired) electrons. The van der Waals surface area contributed by atoms with Gasteiger partial charge >= 0.3 is 7.12 Å². The summed E-state index contributed by atoms with van der Waals surface area (Å²) in [6.07, 6.45) is 0. The molecule has 5 heterocycles. The number of hydrogen-bond donors (Lipinski definition) is 0. The summed E-state index contributed by atoms with van der Waals surface area (Å²) in [7, 11) is -0.381. The zero-order valence-corrected chi connectivity index (χ0v) is 52.0. The zero-order chi connectivity index (χ0) is 61.7. The van der Waals surface area contributed by atoms with Crippen molar-refractivity contribution in [2.45, 2.75) is 77.4 Å². The molecular formula is C78H62BClN6O4. The van der Waals surface area contributed by atoms with Gasteiger partial charge in [0.25, 0.3) is 0 Å². The van der Waals surface area contributed by atoms with Gasteiger partial charge in [-0.25, -0.2) is 19.9 Å². The lowest BCUT2D eigenvalue weighted by atomic mass is 9.78. The van der Waals surface area contributed by atoms with Crippen molar-refractivity contribution < 1.29 is 18.1 Å². The number of aromatic nitrogens is 6. The molecule has 0 bridgehead atoms. The number of nitrogens with zero attached hydrogens (tertiary/aromatic N) is 6. The lowest BCUT2D eigenvalue weighted by molar-refractivity contribution is 0.00578. The molecule has 438 valence electrons. The molecule has 1 aliphatic heterocycles. The Morgan fingerprint density at radius 1 is 0.300 bits per heavy atom. The molecule has 90 heavy (non-hydrogen) atoms. The van der Waals surface area contributed by atoms with Crippen molar-refractivity contribution >= 4 is 68.1 Å². The quantitative estimate of drug-likeness (QED) is 0.149. The third kappa shape index (κ3) is 9.85. The van der Waals surface area contributed by atoms with E-state index in [0.717, 1.165) is 77.2 Å². The van der Waals surface area contributed by atoms with E-state index >= 15 is 0 Å². The average molecular weight is 1190 g/mol. The van der Waals surface area contributed by atoms with Gasteiger partial charge in [0.1, 0.15) is 22.3 Å². The van der Waals surface area contributed by atoms with Gasteiger partial charge in [-0.15, -0.1) is 0 Å². The smallest absolute Gasteiger partial charge is 0.456 e. The number of rotatable bonds is 6. The van der Waals surface area contributed by atoms with Crippen molar-refractivity contribution in [2.24, 2.45) is 0 Å². The maximum atomic E-state index is 6.39. The largest absolute Gasteiger partial charge is 0.494 e. The summed E-state index contributed by atoms with van der Waals surface area (Å²) in [4.78, 5) is 27.5. The molecular weight excluding hydrogens is 1130 g/mol. The second-order valence-corrected chi connectivity index (χ2v) is 25.7. The second kappa shape index (κ2) is 21.7. The van der Waals surface area contributed by atoms with Crippen molar-refractivity contribution in [3.8, 4) is 79.2 Å². The Kier molecular flexibility index (Phi) is 13.6. The van der Waals surface area contributed by atoms with Crippen LogP contribution in [0.1, 0.15) is 77.6 Å². The molecule has 10 nitrogen and oxygen atoms in total. The Morgan fingerprint density at radius 3 is 1.07 bits per heavy atom. The van der Waals surface area contributed by atoms with E-state index in [2.05, 4.69) is 161 Å². The van der Waals surface area contributed by atoms with Gasteiger partial charge in [0.05, 0.1) is 11.2 Å². The van der Waals surface area contributed by atoms with Crippen molar-refractivity contribution in [3.63, 3.8) is 0 Å². The highest BCUT2D eigenvalue weighted by Crippen LogP contribution is 2.52. The Morgan fingerprint density at radius 2 is 0.644 bits per heavy atom. The normalized spacial score (nSPS) is 15.2. The van der Waals surface area contributed by atoms with E-state index in [1.165, 1.54) is 44.5 Å². The van der Waals surface area contributed by atoms with Crippen molar-refractivity contribution in [3.05, 3.63) is 258 Å². The molecule has 14 aromatic rings. The first-order valence-electron chi connectivity index (χ1n) is 30.4. The van der Waals surface area contributed by atoms with Gasteiger partial charge in [-0.2, -0.15) is 9.97 Å². The van der Waals surface area contributed by atoms with Gasteiger partial charge < -0.3 is 18.1 Å². The van der Waals surface area contributed by atoms with E-state index in [1.54, 1.807) is 0 Å². The van der Waals surface area contributed by atoms with Crippen molar-refractivity contribution in [1.29, 1.82) is 0 Å². The van der Waals surface area contributed by atoms with Crippen LogP contribution in [0, 0.1) is 0 Å². The number of hydrogen-bond acceptors (Lipinski definition) is 10. The van der Waals surface area contributed by atoms with Gasteiger partial charge in [-0.05, 0) is 138 Å². The van der Waals surface area contributed by atoms with Crippen LogP contribution in [0.2, 0.25) is 5.28 Å². The number of halogens is 1. The van der Waals surface area contributed by atoms with Gasteiger partial charge in [0.2, 0.25) is 5.28 Å². The SMILES string of the molecule is CC1(C)c2ccccc2-c2cc3c(cc21)oc1ccc(-c2nc(-c4ccccc4)nc(-c4ccccc4)n2)cc13.CC1(C)c2ccccc2-c2cc3c(cc21)oc1ccc(B2OC(C)(C)C(C)(C)O2)cc13.Clc1nc(-c2ccccc2)nc(-c2ccccc2)n1. The van der Waals surface area contributed by atoms with Crippen LogP contribution in [0.5, 0.6) is 0 Å². The highest BCUT2D eigenvalue weighted by Gasteiger charge is 2.52. The molecule has 0 amide bonds. The van der Waals surface area contributed by atoms with Crippen LogP contribution < -0.4 is 5.46 Å². The lowest BCUT2D eigenvalue weighted by Crippen LogP contribution is -2.41. The van der Waals surface area contributed by atoms with E-state index in [0.29, 0.717) is 29.1 Å². The molecule has 3 aliphatic rings. The standard InChI is InChI=1S/C36H25N3O.C27H27BO3.C15H10ClN3/c1-36(2)29-16-10-9-15-25(29)26-20-28-27-19-24(17-18-31(27)40-32(28)21-30(26)36)35-38-33(22-11-5-3-6-12-22)37-34(39-35)23-13-7-4-8-14-23;1-25(2)21-10-8-7-9-17(21)18-14-20-19-13-16(28-30-26(3,4)27(5,6)31-28)11-12-23(19)29-24(20)15-22(18)25;16-15-18-13(11-7-3-1-4-8-11)17-14(19-15)12-9-5-2-6-10-12/h3-21H,1-2H3;7-15H,1-6H3;1-10H. The van der Waals surface area contributed by atoms with Crippen LogP contribution in [0.15, 0.2) is 239 Å². The Bertz CT molecular complexity index is 4980. The fraction of sp³-hybridized carbons (Fsp3) is 0.154. The topological polar surface area (TPSA) is 122 Å². The maximum absolute atomic E-state index is 6.39. The van der Waals surface area contributed by atoms with Gasteiger partial charge in [0.15, 0.2) is 29.1 Å². The summed E-state index contributed by atoms with van der Waals surface area (Å²) >= 11 is 5.99. The Labute approximate surface area is 527 Å². The van der Waals surface area contributed by atoms with Crippen LogP contribution in [-0.4, -0.2) is 48.2 Å². The Balaban J connectivity index is 0.000000120. The van der Waals surface area contributed by atoms with Crippen LogP contribution in [0.4, 0.5) is 0 Å². The summed E-state index contributed by atoms with van der Waals surface area (Å²) in [6.45, 7) is 17.5. The third-order valence-electron chi connectivity index (χ3n) is 18.5. The summed E-state index contributed by atoms with van der Waals surface area (Å²) in [5.41, 5.74) is 19.0. The molecule has 4 aromatic heterocycles. The van der Waals surface area contributed by atoms with Crippen molar-refractivity contribution in [2.75, 3.05) is 0 Å². The molecule has 0 unspecified atom stereocenters. The van der Waals surface area contributed by atoms with E-state index in [4.69, 9.17) is 44.7 Å². The van der Waals surface area contributed by atoms with Gasteiger partial charge in [-0.3, -0.25) is 0 Å². The van der Waals surface area contributed by atoms with Crippen LogP contribution in [0.25, 0.3) is 123 Å². The van der Waals surface area contributed by atoms with E-state index < -0.39 is 0 Å². The molecule has 0 N–H and O–H groups in total. The fourth-order valence-corrected chi connectivity index (χ4v) is 13.1. The van der Waals surface area contributed by atoms with E-state index in [1.807, 2.05) is 140 Å². The highest BCUT2D eigenvalue weighted by atomic mass is 35.5. The summed E-state index contributed by atoms with van der Waals surface area (Å²) < 4.78 is 25.2. The van der Waals surface area contributed by atoms with Crippen LogP contribution in [-0.2, 0) is 20.1 Å². The zero-order valence-electron chi connectivity index (χ0n) is 51.2. The molecule has 0 atom stereocenters. The predicted molar refractivity (Wildman–Crippen MR) is 364 cm³/mol. The monoisotopic (exact) mass is 1190 g/mol. The molecule has 2 aliphatic carbocycles. The summed E-state index contributed by atoms with van der Waals surface area (Å²) in [5, 5.41) is 4.60. The molecule has 1 saturated heterocycles. The van der Waals surface area contributed by atoms with E-state index in [9.17, 15) is 0 Å². The van der Waals surface area contributed by atoms with E-state index in [-0.39, 0.29) is 34.4 Å². The first-order valence-corrected chi connectivity index (χ1v) is 30.8. The minimum atomic E-state index is -0.381. The summed E-state index contributed by atoms with van der Waals surface area (Å²) in [6, 6.07) is 78.5. The number of fused-ring (bicyclic) bond motifs is 12. The Hall–Kier alpha value is -9.91. The van der Waals surface area contributed by atoms with Gasteiger partial charge in [0, 0.05) is 60.2 Å². The summed E-state index contributed by atoms with van der Waals surface area (Å²) in [5.74, 6) is 3.10. The third-order valence-corrected chi connectivity index (χ3v) is 18.7. The molecule has 0 spiro atoms.